The minimum absolute atomic E-state index is 0.110. The maximum atomic E-state index is 13.0. The molecule has 1 amide bonds. The van der Waals surface area contributed by atoms with Crippen LogP contribution in [0.2, 0.25) is 0 Å². The van der Waals surface area contributed by atoms with E-state index in [1.165, 1.54) is 6.92 Å². The van der Waals surface area contributed by atoms with Crippen LogP contribution in [0.3, 0.4) is 0 Å². The molecule has 0 spiro atoms. The molecule has 4 heteroatoms. The van der Waals surface area contributed by atoms with Crippen molar-refractivity contribution in [1.82, 2.24) is 5.32 Å². The number of carbonyl (C=O) groups is 3. The van der Waals surface area contributed by atoms with Crippen LogP contribution in [0.15, 0.2) is 60.2 Å². The van der Waals surface area contributed by atoms with Gasteiger partial charge in [-0.3, -0.25) is 14.4 Å². The fraction of sp³-hybridized carbons (Fsp3) is 0.150. The number of ketones is 2. The average Bonchev–Trinajstić information content (AvgIpc) is 2.87. The van der Waals surface area contributed by atoms with E-state index in [1.54, 1.807) is 12.1 Å². The molecule has 2 atom stereocenters. The molecule has 24 heavy (non-hydrogen) atoms. The third-order valence-corrected chi connectivity index (χ3v) is 4.73. The minimum atomic E-state index is -0.885. The lowest BCUT2D eigenvalue weighted by molar-refractivity contribution is -0.133. The second-order valence-electron chi connectivity index (χ2n) is 6.13. The number of amides is 1. The number of carbonyl (C=O) groups excluding carboxylic acids is 3. The topological polar surface area (TPSA) is 63.2 Å². The highest BCUT2D eigenvalue weighted by atomic mass is 16.2. The van der Waals surface area contributed by atoms with E-state index < -0.39 is 11.8 Å². The zero-order valence-corrected chi connectivity index (χ0v) is 13.1. The summed E-state index contributed by atoms with van der Waals surface area (Å²) >= 11 is 0. The van der Waals surface area contributed by atoms with Crippen LogP contribution in [-0.2, 0) is 9.59 Å². The normalized spacial score (nSPS) is 22.0. The summed E-state index contributed by atoms with van der Waals surface area (Å²) in [5.41, 5.74) is 3.18. The first kappa shape index (κ1) is 14.6. The van der Waals surface area contributed by atoms with Gasteiger partial charge >= 0.3 is 0 Å². The molecule has 1 heterocycles. The molecule has 2 unspecified atom stereocenters. The summed E-state index contributed by atoms with van der Waals surface area (Å²) in [6.07, 6.45) is 0. The summed E-state index contributed by atoms with van der Waals surface area (Å²) in [6, 6.07) is 16.5. The second-order valence-corrected chi connectivity index (χ2v) is 6.13. The highest BCUT2D eigenvalue weighted by molar-refractivity contribution is 6.25. The van der Waals surface area contributed by atoms with E-state index in [-0.39, 0.29) is 17.5 Å². The van der Waals surface area contributed by atoms with E-state index in [4.69, 9.17) is 0 Å². The van der Waals surface area contributed by atoms with Crippen molar-refractivity contribution in [1.29, 1.82) is 0 Å². The number of allylic oxidation sites excluding steroid dienone is 1. The van der Waals surface area contributed by atoms with Crippen molar-refractivity contribution >= 4 is 23.2 Å². The summed E-state index contributed by atoms with van der Waals surface area (Å²) < 4.78 is 0. The molecule has 2 aromatic carbocycles. The molecule has 0 fully saturated rings. The molecule has 118 valence electrons. The summed E-state index contributed by atoms with van der Waals surface area (Å²) in [5.74, 6) is -2.13. The first-order valence-corrected chi connectivity index (χ1v) is 7.84. The van der Waals surface area contributed by atoms with Crippen LogP contribution >= 0.6 is 0 Å². The van der Waals surface area contributed by atoms with Crippen LogP contribution in [0.4, 0.5) is 0 Å². The van der Waals surface area contributed by atoms with Crippen molar-refractivity contribution < 1.29 is 14.4 Å². The Morgan fingerprint density at radius 1 is 0.917 bits per heavy atom. The van der Waals surface area contributed by atoms with Gasteiger partial charge in [0.1, 0.15) is 11.7 Å². The lowest BCUT2D eigenvalue weighted by Gasteiger charge is -2.31. The van der Waals surface area contributed by atoms with E-state index in [0.717, 1.165) is 11.1 Å². The van der Waals surface area contributed by atoms with Gasteiger partial charge in [-0.25, -0.2) is 0 Å². The van der Waals surface area contributed by atoms with E-state index in [2.05, 4.69) is 5.32 Å². The van der Waals surface area contributed by atoms with Crippen LogP contribution in [0.5, 0.6) is 0 Å². The van der Waals surface area contributed by atoms with Crippen LogP contribution in [0, 0.1) is 5.92 Å². The highest BCUT2D eigenvalue weighted by Crippen LogP contribution is 2.45. The molecule has 2 aliphatic rings. The number of nitrogens with one attached hydrogen (secondary N) is 1. The molecule has 0 bridgehead atoms. The number of rotatable bonds is 2. The molecule has 0 saturated carbocycles. The van der Waals surface area contributed by atoms with Gasteiger partial charge in [0, 0.05) is 22.6 Å². The third kappa shape index (κ3) is 1.96. The van der Waals surface area contributed by atoms with Gasteiger partial charge in [-0.15, -0.1) is 0 Å². The fourth-order valence-corrected chi connectivity index (χ4v) is 3.69. The summed E-state index contributed by atoms with van der Waals surface area (Å²) in [4.78, 5) is 37.7. The first-order chi connectivity index (χ1) is 11.6. The van der Waals surface area contributed by atoms with Crippen molar-refractivity contribution in [3.63, 3.8) is 0 Å². The summed E-state index contributed by atoms with van der Waals surface area (Å²) in [7, 11) is 0. The van der Waals surface area contributed by atoms with Gasteiger partial charge in [0.25, 0.3) is 0 Å². The molecule has 0 aromatic heterocycles. The molecule has 2 aromatic rings. The molecule has 4 nitrogen and oxygen atoms in total. The van der Waals surface area contributed by atoms with Gasteiger partial charge in [-0.2, -0.15) is 0 Å². The maximum absolute atomic E-state index is 13.0. The summed E-state index contributed by atoms with van der Waals surface area (Å²) in [5, 5.41) is 2.80. The van der Waals surface area contributed by atoms with Crippen LogP contribution in [0.25, 0.3) is 5.70 Å². The summed E-state index contributed by atoms with van der Waals surface area (Å²) in [6.45, 7) is 1.40. The number of fused-ring (bicyclic) bond motifs is 2. The molecule has 1 N–H and O–H groups in total. The monoisotopic (exact) mass is 317 g/mol. The van der Waals surface area contributed by atoms with Gasteiger partial charge < -0.3 is 5.32 Å². The van der Waals surface area contributed by atoms with Crippen LogP contribution in [0.1, 0.15) is 34.3 Å². The molecule has 1 aliphatic heterocycles. The van der Waals surface area contributed by atoms with Crippen molar-refractivity contribution in [2.75, 3.05) is 0 Å². The first-order valence-electron chi connectivity index (χ1n) is 7.84. The Labute approximate surface area is 139 Å². The fourth-order valence-electron chi connectivity index (χ4n) is 3.69. The Balaban J connectivity index is 1.97. The number of hydrogen-bond acceptors (Lipinski definition) is 3. The predicted molar refractivity (Wildman–Crippen MR) is 89.2 cm³/mol. The Hall–Kier alpha value is -3.01. The van der Waals surface area contributed by atoms with Crippen molar-refractivity contribution in [2.24, 2.45) is 5.92 Å². The lowest BCUT2D eigenvalue weighted by Crippen LogP contribution is -2.43. The zero-order chi connectivity index (χ0) is 16.8. The largest absolute Gasteiger partial charge is 0.324 e. The Morgan fingerprint density at radius 2 is 1.54 bits per heavy atom. The zero-order valence-electron chi connectivity index (χ0n) is 13.1. The SMILES string of the molecule is CC(=O)C1C(=O)NC2=C(C(=O)c3ccccc32)C1c1ccccc1. The molecule has 0 radical (unpaired) electrons. The smallest absolute Gasteiger partial charge is 0.235 e. The number of benzene rings is 2. The highest BCUT2D eigenvalue weighted by Gasteiger charge is 2.47. The third-order valence-electron chi connectivity index (χ3n) is 4.73. The van der Waals surface area contributed by atoms with Crippen molar-refractivity contribution in [3.05, 3.63) is 76.9 Å². The van der Waals surface area contributed by atoms with Gasteiger partial charge in [-0.05, 0) is 12.5 Å². The second kappa shape index (κ2) is 5.27. The van der Waals surface area contributed by atoms with E-state index in [0.29, 0.717) is 16.8 Å². The van der Waals surface area contributed by atoms with Crippen LogP contribution < -0.4 is 5.32 Å². The van der Waals surface area contributed by atoms with Gasteiger partial charge in [-0.1, -0.05) is 54.6 Å². The van der Waals surface area contributed by atoms with E-state index in [9.17, 15) is 14.4 Å². The number of hydrogen-bond donors (Lipinski definition) is 1. The average molecular weight is 317 g/mol. The van der Waals surface area contributed by atoms with Gasteiger partial charge in [0.15, 0.2) is 5.78 Å². The lowest BCUT2D eigenvalue weighted by atomic mass is 9.75. The van der Waals surface area contributed by atoms with Crippen molar-refractivity contribution in [3.8, 4) is 0 Å². The minimum Gasteiger partial charge on any atom is -0.324 e. The molecular formula is C20H15NO3. The Bertz CT molecular complexity index is 911. The van der Waals surface area contributed by atoms with E-state index in [1.807, 2.05) is 42.5 Å². The molecule has 4 rings (SSSR count). The van der Waals surface area contributed by atoms with E-state index >= 15 is 0 Å². The Morgan fingerprint density at radius 3 is 2.21 bits per heavy atom. The molecule has 1 aliphatic carbocycles. The molecular weight excluding hydrogens is 302 g/mol. The van der Waals surface area contributed by atoms with Crippen molar-refractivity contribution in [2.45, 2.75) is 12.8 Å². The number of Topliss-reactive ketones (excluding diaryl/α,β-unsaturated/α-hetero) is 2. The molecule has 0 saturated heterocycles. The predicted octanol–water partition coefficient (Wildman–Crippen LogP) is 2.71. The maximum Gasteiger partial charge on any atom is 0.235 e. The van der Waals surface area contributed by atoms with Gasteiger partial charge in [0.05, 0.1) is 5.70 Å². The van der Waals surface area contributed by atoms with Crippen LogP contribution in [-0.4, -0.2) is 17.5 Å². The Kier molecular flexibility index (Phi) is 3.20. The quantitative estimate of drug-likeness (QED) is 0.866. The van der Waals surface area contributed by atoms with Gasteiger partial charge in [0.2, 0.25) is 5.91 Å². The standard InChI is InChI=1S/C20H15NO3/c1-11(22)15-16(12-7-3-2-4-8-12)17-18(21-20(15)24)13-9-5-6-10-14(13)19(17)23/h2-10,15-16H,1H3,(H,21,24).